The molecule has 1 fully saturated rings. The highest BCUT2D eigenvalue weighted by atomic mass is 32.1. The third-order valence-electron chi connectivity index (χ3n) is 3.43. The third kappa shape index (κ3) is 3.94. The largest absolute Gasteiger partial charge is 0.383 e. The number of ether oxygens (including phenoxy) is 1. The van der Waals surface area contributed by atoms with Crippen molar-refractivity contribution in [3.8, 4) is 0 Å². The molecule has 1 aliphatic heterocycles. The van der Waals surface area contributed by atoms with Crippen LogP contribution in [0.15, 0.2) is 29.8 Å². The molecule has 122 valence electrons. The Morgan fingerprint density at radius 1 is 1.26 bits per heavy atom. The van der Waals surface area contributed by atoms with Crippen LogP contribution in [0.1, 0.15) is 5.56 Å². The van der Waals surface area contributed by atoms with Crippen LogP contribution < -0.4 is 10.2 Å². The summed E-state index contributed by atoms with van der Waals surface area (Å²) in [5.74, 6) is -0.891. The van der Waals surface area contributed by atoms with Gasteiger partial charge in [0.05, 0.1) is 13.2 Å². The monoisotopic (exact) mass is 333 g/mol. The van der Waals surface area contributed by atoms with Gasteiger partial charge < -0.3 is 9.64 Å². The molecule has 1 aliphatic rings. The quantitative estimate of drug-likeness (QED) is 0.495. The van der Waals surface area contributed by atoms with Crippen LogP contribution in [0.3, 0.4) is 0 Å². The molecule has 0 bridgehead atoms. The average molecular weight is 333 g/mol. The molecule has 1 saturated heterocycles. The Bertz CT molecular complexity index is 653. The minimum Gasteiger partial charge on any atom is -0.383 e. The number of anilines is 1. The van der Waals surface area contributed by atoms with Gasteiger partial charge in [0.15, 0.2) is 5.11 Å². The van der Waals surface area contributed by atoms with Gasteiger partial charge in [-0.2, -0.15) is 0 Å². The van der Waals surface area contributed by atoms with Crippen molar-refractivity contribution in [1.82, 2.24) is 10.2 Å². The number of methoxy groups -OCH3 is 1. The predicted octanol–water partition coefficient (Wildman–Crippen LogP) is 1.03. The standard InChI is InChI=1S/C16H19N3O3S/c1-18(2)12-6-4-11(5-7-12)10-13-14(20)17-16(23)19(15(13)21)8-9-22-3/h4-7,10H,8-9H2,1-3H3,(H,17,20,23). The van der Waals surface area contributed by atoms with Crippen molar-refractivity contribution < 1.29 is 14.3 Å². The number of rotatable bonds is 5. The van der Waals surface area contributed by atoms with E-state index in [2.05, 4.69) is 5.32 Å². The minimum absolute atomic E-state index is 0.0623. The lowest BCUT2D eigenvalue weighted by Crippen LogP contribution is -2.54. The Labute approximate surface area is 140 Å². The summed E-state index contributed by atoms with van der Waals surface area (Å²) in [5, 5.41) is 2.64. The van der Waals surface area contributed by atoms with E-state index in [4.69, 9.17) is 17.0 Å². The van der Waals surface area contributed by atoms with Gasteiger partial charge in [0.25, 0.3) is 11.8 Å². The van der Waals surface area contributed by atoms with Gasteiger partial charge in [0.2, 0.25) is 0 Å². The van der Waals surface area contributed by atoms with Crippen molar-refractivity contribution in [3.63, 3.8) is 0 Å². The number of nitrogens with zero attached hydrogens (tertiary/aromatic N) is 2. The minimum atomic E-state index is -0.481. The van der Waals surface area contributed by atoms with E-state index in [1.54, 1.807) is 13.2 Å². The van der Waals surface area contributed by atoms with Crippen LogP contribution >= 0.6 is 12.2 Å². The molecular formula is C16H19N3O3S. The Hall–Kier alpha value is -2.25. The Morgan fingerprint density at radius 3 is 2.48 bits per heavy atom. The first-order chi connectivity index (χ1) is 10.9. The fraction of sp³-hybridized carbons (Fsp3) is 0.312. The van der Waals surface area contributed by atoms with Crippen molar-refractivity contribution >= 4 is 40.9 Å². The number of carbonyl (C=O) groups is 2. The summed E-state index contributed by atoms with van der Waals surface area (Å²) in [4.78, 5) is 27.8. The first-order valence-corrected chi connectivity index (χ1v) is 7.50. The maximum atomic E-state index is 12.5. The van der Waals surface area contributed by atoms with Crippen LogP contribution in [-0.2, 0) is 14.3 Å². The summed E-state index contributed by atoms with van der Waals surface area (Å²) in [5.41, 5.74) is 1.87. The zero-order valence-corrected chi connectivity index (χ0v) is 14.1. The second kappa shape index (κ2) is 7.34. The number of carbonyl (C=O) groups excluding carboxylic acids is 2. The number of hydrogen-bond donors (Lipinski definition) is 1. The molecule has 7 heteroatoms. The zero-order valence-electron chi connectivity index (χ0n) is 13.3. The Balaban J connectivity index is 2.26. The van der Waals surface area contributed by atoms with Crippen LogP contribution in [-0.4, -0.2) is 56.2 Å². The third-order valence-corrected chi connectivity index (χ3v) is 3.75. The number of thiocarbonyl (C=S) groups is 1. The normalized spacial score (nSPS) is 16.7. The summed E-state index contributed by atoms with van der Waals surface area (Å²) < 4.78 is 4.97. The topological polar surface area (TPSA) is 61.9 Å². The molecule has 1 heterocycles. The molecule has 1 aromatic rings. The highest BCUT2D eigenvalue weighted by Gasteiger charge is 2.32. The predicted molar refractivity (Wildman–Crippen MR) is 93.1 cm³/mol. The van der Waals surface area contributed by atoms with Crippen molar-refractivity contribution in [2.45, 2.75) is 0 Å². The van der Waals surface area contributed by atoms with Crippen LogP contribution in [0.5, 0.6) is 0 Å². The van der Waals surface area contributed by atoms with E-state index in [-0.39, 0.29) is 10.7 Å². The molecule has 2 rings (SSSR count). The van der Waals surface area contributed by atoms with E-state index in [1.807, 2.05) is 43.3 Å². The van der Waals surface area contributed by atoms with Crippen molar-refractivity contribution in [1.29, 1.82) is 0 Å². The second-order valence-corrected chi connectivity index (χ2v) is 5.64. The fourth-order valence-corrected chi connectivity index (χ4v) is 2.38. The number of benzene rings is 1. The van der Waals surface area contributed by atoms with E-state index in [1.165, 1.54) is 4.90 Å². The lowest BCUT2D eigenvalue weighted by molar-refractivity contribution is -0.129. The van der Waals surface area contributed by atoms with Crippen molar-refractivity contribution in [3.05, 3.63) is 35.4 Å². The van der Waals surface area contributed by atoms with E-state index in [9.17, 15) is 9.59 Å². The van der Waals surface area contributed by atoms with Crippen LogP contribution in [0.25, 0.3) is 6.08 Å². The first-order valence-electron chi connectivity index (χ1n) is 7.09. The molecule has 0 radical (unpaired) electrons. The highest BCUT2D eigenvalue weighted by molar-refractivity contribution is 7.80. The summed E-state index contributed by atoms with van der Waals surface area (Å²) in [6, 6.07) is 7.56. The zero-order chi connectivity index (χ0) is 17.0. The Morgan fingerprint density at radius 2 is 1.91 bits per heavy atom. The molecule has 0 aliphatic carbocycles. The lowest BCUT2D eigenvalue weighted by atomic mass is 10.1. The summed E-state index contributed by atoms with van der Waals surface area (Å²) in [6.07, 6.45) is 1.57. The first kappa shape index (κ1) is 17.1. The molecule has 0 unspecified atom stereocenters. The lowest BCUT2D eigenvalue weighted by Gasteiger charge is -2.28. The molecule has 0 atom stereocenters. The molecule has 2 amide bonds. The molecule has 0 spiro atoms. The second-order valence-electron chi connectivity index (χ2n) is 5.25. The Kier molecular flexibility index (Phi) is 5.46. The average Bonchev–Trinajstić information content (AvgIpc) is 2.51. The summed E-state index contributed by atoms with van der Waals surface area (Å²) >= 11 is 5.04. The molecule has 1 N–H and O–H groups in total. The molecule has 23 heavy (non-hydrogen) atoms. The van der Waals surface area contributed by atoms with Gasteiger partial charge in [-0.25, -0.2) is 0 Å². The molecular weight excluding hydrogens is 314 g/mol. The van der Waals surface area contributed by atoms with Gasteiger partial charge in [0.1, 0.15) is 5.57 Å². The van der Waals surface area contributed by atoms with E-state index in [0.29, 0.717) is 13.2 Å². The molecule has 6 nitrogen and oxygen atoms in total. The van der Waals surface area contributed by atoms with Crippen LogP contribution in [0, 0.1) is 0 Å². The van der Waals surface area contributed by atoms with Gasteiger partial charge in [-0.15, -0.1) is 0 Å². The fourth-order valence-electron chi connectivity index (χ4n) is 2.11. The number of nitrogens with one attached hydrogen (secondary N) is 1. The van der Waals surface area contributed by atoms with Crippen LogP contribution in [0.4, 0.5) is 5.69 Å². The summed E-state index contributed by atoms with van der Waals surface area (Å²) in [7, 11) is 5.43. The van der Waals surface area contributed by atoms with Gasteiger partial charge in [-0.1, -0.05) is 12.1 Å². The maximum Gasteiger partial charge on any atom is 0.265 e. The van der Waals surface area contributed by atoms with E-state index in [0.717, 1.165) is 11.3 Å². The molecule has 0 aromatic heterocycles. The number of hydrogen-bond acceptors (Lipinski definition) is 5. The van der Waals surface area contributed by atoms with Gasteiger partial charge >= 0.3 is 0 Å². The summed E-state index contributed by atoms with van der Waals surface area (Å²) in [6.45, 7) is 0.637. The maximum absolute atomic E-state index is 12.5. The molecule has 1 aromatic carbocycles. The van der Waals surface area contributed by atoms with Crippen molar-refractivity contribution in [2.24, 2.45) is 0 Å². The highest BCUT2D eigenvalue weighted by Crippen LogP contribution is 2.17. The van der Waals surface area contributed by atoms with Gasteiger partial charge in [-0.3, -0.25) is 19.8 Å². The molecule has 0 saturated carbocycles. The smallest absolute Gasteiger partial charge is 0.265 e. The van der Waals surface area contributed by atoms with E-state index < -0.39 is 11.8 Å². The number of amides is 2. The van der Waals surface area contributed by atoms with Crippen molar-refractivity contribution in [2.75, 3.05) is 39.3 Å². The van der Waals surface area contributed by atoms with Crippen LogP contribution in [0.2, 0.25) is 0 Å². The van der Waals surface area contributed by atoms with Gasteiger partial charge in [0, 0.05) is 26.9 Å². The SMILES string of the molecule is COCCN1C(=O)C(=Cc2ccc(N(C)C)cc2)C(=O)NC1=S. The van der Waals surface area contributed by atoms with E-state index >= 15 is 0 Å². The van der Waals surface area contributed by atoms with Gasteiger partial charge in [-0.05, 0) is 36.0 Å².